The van der Waals surface area contributed by atoms with Crippen LogP contribution in [0.2, 0.25) is 10.0 Å². The van der Waals surface area contributed by atoms with Gasteiger partial charge in [0, 0.05) is 6.54 Å². The fraction of sp³-hybridized carbons (Fsp3) is 0.294. The Kier molecular flexibility index (Phi) is 5.51. The molecule has 0 aromatic heterocycles. The van der Waals surface area contributed by atoms with E-state index in [-0.39, 0.29) is 0 Å². The largest absolute Gasteiger partial charge is 0.387 e. The summed E-state index contributed by atoms with van der Waals surface area (Å²) < 4.78 is 0. The van der Waals surface area contributed by atoms with Crippen LogP contribution in [0, 0.1) is 0 Å². The Bertz CT molecular complexity index is 576. The normalized spacial score (nSPS) is 12.5. The van der Waals surface area contributed by atoms with E-state index >= 15 is 0 Å². The first-order valence-corrected chi connectivity index (χ1v) is 7.70. The standard InChI is InChI=1S/C17H19Cl2NO/c1-11(2)12-6-8-13(9-7-12)16(21)10-20-17-14(18)4-3-5-15(17)19/h3-9,11,16,20-21H,10H2,1-2H3. The molecule has 2 aromatic rings. The Hall–Kier alpha value is -1.22. The zero-order valence-corrected chi connectivity index (χ0v) is 13.6. The average molecular weight is 324 g/mol. The summed E-state index contributed by atoms with van der Waals surface area (Å²) in [6, 6.07) is 13.3. The molecule has 21 heavy (non-hydrogen) atoms. The number of hydrogen-bond donors (Lipinski definition) is 2. The predicted molar refractivity (Wildman–Crippen MR) is 90.4 cm³/mol. The molecule has 0 saturated carbocycles. The van der Waals surface area contributed by atoms with Crippen molar-refractivity contribution in [2.75, 3.05) is 11.9 Å². The number of para-hydroxylation sites is 1. The predicted octanol–water partition coefficient (Wildman–Crippen LogP) is 5.26. The molecule has 2 N–H and O–H groups in total. The van der Waals surface area contributed by atoms with Crippen LogP contribution in [-0.4, -0.2) is 11.7 Å². The van der Waals surface area contributed by atoms with Crippen molar-refractivity contribution >= 4 is 28.9 Å². The summed E-state index contributed by atoms with van der Waals surface area (Å²) in [4.78, 5) is 0. The number of nitrogens with one attached hydrogen (secondary N) is 1. The highest BCUT2D eigenvalue weighted by molar-refractivity contribution is 6.39. The van der Waals surface area contributed by atoms with E-state index in [0.717, 1.165) is 5.56 Å². The van der Waals surface area contributed by atoms with E-state index < -0.39 is 6.10 Å². The molecular formula is C17H19Cl2NO. The average Bonchev–Trinajstić information content (AvgIpc) is 2.46. The molecule has 0 aliphatic carbocycles. The van der Waals surface area contributed by atoms with Gasteiger partial charge in [-0.15, -0.1) is 0 Å². The number of hydrogen-bond acceptors (Lipinski definition) is 2. The molecule has 1 atom stereocenters. The Morgan fingerprint density at radius 3 is 2.00 bits per heavy atom. The van der Waals surface area contributed by atoms with Crippen molar-refractivity contribution in [3.05, 3.63) is 63.6 Å². The zero-order chi connectivity index (χ0) is 15.4. The molecule has 0 amide bonds. The van der Waals surface area contributed by atoms with E-state index in [1.54, 1.807) is 18.2 Å². The lowest BCUT2D eigenvalue weighted by atomic mass is 10.00. The molecule has 0 saturated heterocycles. The van der Waals surface area contributed by atoms with E-state index in [0.29, 0.717) is 28.2 Å². The number of anilines is 1. The second-order valence-corrected chi connectivity index (χ2v) is 6.13. The summed E-state index contributed by atoms with van der Waals surface area (Å²) in [5.74, 6) is 0.483. The third kappa shape index (κ3) is 4.13. The van der Waals surface area contributed by atoms with Gasteiger partial charge in [-0.25, -0.2) is 0 Å². The second-order valence-electron chi connectivity index (χ2n) is 5.31. The minimum Gasteiger partial charge on any atom is -0.387 e. The van der Waals surface area contributed by atoms with Gasteiger partial charge in [-0.2, -0.15) is 0 Å². The Labute approximate surface area is 135 Å². The highest BCUT2D eigenvalue weighted by atomic mass is 35.5. The fourth-order valence-corrected chi connectivity index (χ4v) is 2.62. The Morgan fingerprint density at radius 1 is 0.952 bits per heavy atom. The smallest absolute Gasteiger partial charge is 0.0962 e. The number of aliphatic hydroxyl groups is 1. The maximum absolute atomic E-state index is 10.2. The van der Waals surface area contributed by atoms with Crippen LogP contribution in [0.4, 0.5) is 5.69 Å². The van der Waals surface area contributed by atoms with Crippen LogP contribution in [0.1, 0.15) is 37.0 Å². The fourth-order valence-electron chi connectivity index (χ4n) is 2.09. The van der Waals surface area contributed by atoms with Gasteiger partial charge in [0.15, 0.2) is 0 Å². The molecule has 0 radical (unpaired) electrons. The molecule has 1 unspecified atom stereocenters. The lowest BCUT2D eigenvalue weighted by Gasteiger charge is -2.16. The zero-order valence-electron chi connectivity index (χ0n) is 12.1. The molecule has 0 bridgehead atoms. The number of halogens is 2. The van der Waals surface area contributed by atoms with Crippen molar-refractivity contribution in [2.24, 2.45) is 0 Å². The highest BCUT2D eigenvalue weighted by Gasteiger charge is 2.11. The molecular weight excluding hydrogens is 305 g/mol. The van der Waals surface area contributed by atoms with Crippen LogP contribution < -0.4 is 5.32 Å². The first kappa shape index (κ1) is 16.2. The summed E-state index contributed by atoms with van der Waals surface area (Å²) in [5.41, 5.74) is 2.78. The van der Waals surface area contributed by atoms with E-state index in [2.05, 4.69) is 19.2 Å². The van der Waals surface area contributed by atoms with Crippen LogP contribution in [-0.2, 0) is 0 Å². The molecule has 2 nitrogen and oxygen atoms in total. The van der Waals surface area contributed by atoms with E-state index in [1.807, 2.05) is 24.3 Å². The first-order chi connectivity index (χ1) is 9.99. The van der Waals surface area contributed by atoms with Crippen molar-refractivity contribution in [3.8, 4) is 0 Å². The maximum atomic E-state index is 10.2. The molecule has 0 aliphatic heterocycles. The third-order valence-electron chi connectivity index (χ3n) is 3.42. The van der Waals surface area contributed by atoms with E-state index in [1.165, 1.54) is 5.56 Å². The van der Waals surface area contributed by atoms with Gasteiger partial charge < -0.3 is 10.4 Å². The molecule has 112 valence electrons. The molecule has 2 aromatic carbocycles. The number of benzene rings is 2. The molecule has 2 rings (SSSR count). The van der Waals surface area contributed by atoms with Gasteiger partial charge in [-0.1, -0.05) is 67.4 Å². The van der Waals surface area contributed by atoms with Crippen molar-refractivity contribution < 1.29 is 5.11 Å². The van der Waals surface area contributed by atoms with E-state index in [4.69, 9.17) is 23.2 Å². The van der Waals surface area contributed by atoms with Crippen LogP contribution in [0.15, 0.2) is 42.5 Å². The minimum atomic E-state index is -0.612. The second kappa shape index (κ2) is 7.17. The van der Waals surface area contributed by atoms with Gasteiger partial charge in [-0.3, -0.25) is 0 Å². The molecule has 4 heteroatoms. The molecule has 0 heterocycles. The first-order valence-electron chi connectivity index (χ1n) is 6.95. The van der Waals surface area contributed by atoms with Gasteiger partial charge in [-0.05, 0) is 29.2 Å². The van der Waals surface area contributed by atoms with Gasteiger partial charge in [0.1, 0.15) is 0 Å². The summed E-state index contributed by atoms with van der Waals surface area (Å²) in [6.07, 6.45) is -0.612. The van der Waals surface area contributed by atoms with Crippen LogP contribution in [0.25, 0.3) is 0 Å². The van der Waals surface area contributed by atoms with Gasteiger partial charge in [0.2, 0.25) is 0 Å². The van der Waals surface area contributed by atoms with Gasteiger partial charge in [0.05, 0.1) is 21.8 Å². The minimum absolute atomic E-state index is 0.352. The molecule has 0 spiro atoms. The van der Waals surface area contributed by atoms with Gasteiger partial charge in [0.25, 0.3) is 0 Å². The van der Waals surface area contributed by atoms with Crippen LogP contribution in [0.5, 0.6) is 0 Å². The Morgan fingerprint density at radius 2 is 1.48 bits per heavy atom. The van der Waals surface area contributed by atoms with Crippen LogP contribution >= 0.6 is 23.2 Å². The van der Waals surface area contributed by atoms with Crippen molar-refractivity contribution in [2.45, 2.75) is 25.9 Å². The topological polar surface area (TPSA) is 32.3 Å². The summed E-state index contributed by atoms with van der Waals surface area (Å²) >= 11 is 12.2. The molecule has 0 aliphatic rings. The summed E-state index contributed by atoms with van der Waals surface area (Å²) in [7, 11) is 0. The SMILES string of the molecule is CC(C)c1ccc(C(O)CNc2c(Cl)cccc2Cl)cc1. The number of aliphatic hydroxyl groups excluding tert-OH is 1. The summed E-state index contributed by atoms with van der Waals surface area (Å²) in [5, 5.41) is 14.4. The maximum Gasteiger partial charge on any atom is 0.0962 e. The quantitative estimate of drug-likeness (QED) is 0.786. The van der Waals surface area contributed by atoms with Crippen molar-refractivity contribution in [3.63, 3.8) is 0 Å². The van der Waals surface area contributed by atoms with Crippen LogP contribution in [0.3, 0.4) is 0 Å². The van der Waals surface area contributed by atoms with Crippen molar-refractivity contribution in [1.82, 2.24) is 0 Å². The highest BCUT2D eigenvalue weighted by Crippen LogP contribution is 2.30. The third-order valence-corrected chi connectivity index (χ3v) is 4.05. The van der Waals surface area contributed by atoms with Gasteiger partial charge >= 0.3 is 0 Å². The Balaban J connectivity index is 2.03. The number of rotatable bonds is 5. The lowest BCUT2D eigenvalue weighted by Crippen LogP contribution is -2.12. The summed E-state index contributed by atoms with van der Waals surface area (Å²) in [6.45, 7) is 4.64. The van der Waals surface area contributed by atoms with E-state index in [9.17, 15) is 5.11 Å². The monoisotopic (exact) mass is 323 g/mol. The lowest BCUT2D eigenvalue weighted by molar-refractivity contribution is 0.191. The molecule has 0 fully saturated rings. The van der Waals surface area contributed by atoms with Crippen molar-refractivity contribution in [1.29, 1.82) is 0 Å².